The van der Waals surface area contributed by atoms with Gasteiger partial charge in [-0.05, 0) is 74.6 Å². The number of aryl methyl sites for hydroxylation is 1. The van der Waals surface area contributed by atoms with Gasteiger partial charge in [0.1, 0.15) is 0 Å². The van der Waals surface area contributed by atoms with E-state index in [0.29, 0.717) is 12.1 Å². The van der Waals surface area contributed by atoms with Crippen molar-refractivity contribution in [2.75, 3.05) is 16.8 Å². The number of rotatable bonds is 7. The number of carbonyl (C=O) groups is 2. The maximum absolute atomic E-state index is 12.7. The SMILES string of the molecule is Cc1cccc(NC(=O)CCNS(=O)(=O)c2ccc3c(c2)CC(C)N3C(=O)C2CC2)c1. The largest absolute Gasteiger partial charge is 0.326 e. The fourth-order valence-corrected chi connectivity index (χ4v) is 5.05. The van der Waals surface area contributed by atoms with Gasteiger partial charge in [0.2, 0.25) is 21.8 Å². The van der Waals surface area contributed by atoms with E-state index in [1.165, 1.54) is 6.07 Å². The lowest BCUT2D eigenvalue weighted by atomic mass is 10.1. The molecule has 2 aliphatic rings. The van der Waals surface area contributed by atoms with Crippen LogP contribution < -0.4 is 14.9 Å². The molecule has 1 heterocycles. The van der Waals surface area contributed by atoms with Gasteiger partial charge in [-0.15, -0.1) is 0 Å². The fraction of sp³-hybridized carbons (Fsp3) is 0.391. The molecule has 1 atom stereocenters. The van der Waals surface area contributed by atoms with Gasteiger partial charge in [0.25, 0.3) is 0 Å². The third-order valence-electron chi connectivity index (χ3n) is 5.69. The fourth-order valence-electron chi connectivity index (χ4n) is 3.97. The quantitative estimate of drug-likeness (QED) is 0.691. The van der Waals surface area contributed by atoms with Gasteiger partial charge < -0.3 is 10.2 Å². The molecule has 0 spiro atoms. The molecular weight excluding hydrogens is 414 g/mol. The summed E-state index contributed by atoms with van der Waals surface area (Å²) in [5.41, 5.74) is 3.38. The van der Waals surface area contributed by atoms with E-state index in [2.05, 4.69) is 10.0 Å². The van der Waals surface area contributed by atoms with Crippen LogP contribution in [0.1, 0.15) is 37.3 Å². The molecule has 31 heavy (non-hydrogen) atoms. The van der Waals surface area contributed by atoms with E-state index in [1.54, 1.807) is 18.2 Å². The first-order chi connectivity index (χ1) is 14.7. The number of sulfonamides is 1. The topological polar surface area (TPSA) is 95.6 Å². The summed E-state index contributed by atoms with van der Waals surface area (Å²) in [5.74, 6) is -0.00524. The summed E-state index contributed by atoms with van der Waals surface area (Å²) in [6, 6.07) is 12.3. The highest BCUT2D eigenvalue weighted by Crippen LogP contribution is 2.39. The summed E-state index contributed by atoms with van der Waals surface area (Å²) in [6.45, 7) is 3.92. The van der Waals surface area contributed by atoms with Crippen LogP contribution in [0.25, 0.3) is 0 Å². The predicted octanol–water partition coefficient (Wildman–Crippen LogP) is 2.99. The first-order valence-electron chi connectivity index (χ1n) is 10.6. The summed E-state index contributed by atoms with van der Waals surface area (Å²) in [4.78, 5) is 26.7. The molecule has 0 aromatic heterocycles. The van der Waals surface area contributed by atoms with Crippen molar-refractivity contribution >= 4 is 33.2 Å². The Morgan fingerprint density at radius 2 is 1.90 bits per heavy atom. The second-order valence-electron chi connectivity index (χ2n) is 8.39. The monoisotopic (exact) mass is 441 g/mol. The minimum Gasteiger partial charge on any atom is -0.326 e. The van der Waals surface area contributed by atoms with E-state index >= 15 is 0 Å². The lowest BCUT2D eigenvalue weighted by molar-refractivity contribution is -0.120. The second-order valence-corrected chi connectivity index (χ2v) is 10.2. The van der Waals surface area contributed by atoms with E-state index in [0.717, 1.165) is 29.7 Å². The Morgan fingerprint density at radius 3 is 2.61 bits per heavy atom. The molecule has 8 heteroatoms. The number of amides is 2. The number of anilines is 2. The molecule has 4 rings (SSSR count). The zero-order chi connectivity index (χ0) is 22.2. The van der Waals surface area contributed by atoms with Crippen LogP contribution in [0.15, 0.2) is 47.4 Å². The maximum atomic E-state index is 12.7. The number of hydrogen-bond donors (Lipinski definition) is 2. The van der Waals surface area contributed by atoms with Gasteiger partial charge >= 0.3 is 0 Å². The van der Waals surface area contributed by atoms with Crippen LogP contribution in [0.4, 0.5) is 11.4 Å². The summed E-state index contributed by atoms with van der Waals surface area (Å²) in [5, 5.41) is 2.77. The molecule has 2 aromatic rings. The Labute approximate surface area is 182 Å². The normalized spacial score (nSPS) is 18.0. The highest BCUT2D eigenvalue weighted by Gasteiger charge is 2.39. The summed E-state index contributed by atoms with van der Waals surface area (Å²) < 4.78 is 27.9. The standard InChI is InChI=1S/C23H27N3O4S/c1-15-4-3-5-19(12-15)25-22(27)10-11-24-31(29,30)20-8-9-21-18(14-20)13-16(2)26(21)23(28)17-6-7-17/h3-5,8-9,12,14,16-17,24H,6-7,10-11,13H2,1-2H3,(H,25,27). The number of benzene rings is 2. The minimum absolute atomic E-state index is 0.000237. The molecule has 164 valence electrons. The van der Waals surface area contributed by atoms with E-state index in [9.17, 15) is 18.0 Å². The number of nitrogens with zero attached hydrogens (tertiary/aromatic N) is 1. The van der Waals surface area contributed by atoms with Crippen molar-refractivity contribution in [2.24, 2.45) is 5.92 Å². The maximum Gasteiger partial charge on any atom is 0.240 e. The van der Waals surface area contributed by atoms with Crippen LogP contribution in [0.2, 0.25) is 0 Å². The van der Waals surface area contributed by atoms with Gasteiger partial charge in [-0.3, -0.25) is 9.59 Å². The summed E-state index contributed by atoms with van der Waals surface area (Å²) in [6.07, 6.45) is 2.53. The van der Waals surface area contributed by atoms with Crippen molar-refractivity contribution in [3.8, 4) is 0 Å². The zero-order valence-electron chi connectivity index (χ0n) is 17.7. The molecule has 0 bridgehead atoms. The average Bonchev–Trinajstić information content (AvgIpc) is 3.49. The number of fused-ring (bicyclic) bond motifs is 1. The Bertz CT molecular complexity index is 1130. The molecule has 1 aliphatic heterocycles. The third kappa shape index (κ3) is 4.80. The van der Waals surface area contributed by atoms with Crippen molar-refractivity contribution in [1.29, 1.82) is 0 Å². The summed E-state index contributed by atoms with van der Waals surface area (Å²) >= 11 is 0. The van der Waals surface area contributed by atoms with E-state index in [4.69, 9.17) is 0 Å². The lowest BCUT2D eigenvalue weighted by Crippen LogP contribution is -2.36. The van der Waals surface area contributed by atoms with Crippen molar-refractivity contribution < 1.29 is 18.0 Å². The van der Waals surface area contributed by atoms with Crippen LogP contribution in [-0.2, 0) is 26.0 Å². The molecule has 2 amide bonds. The van der Waals surface area contributed by atoms with Crippen LogP contribution in [0.5, 0.6) is 0 Å². The third-order valence-corrected chi connectivity index (χ3v) is 7.15. The molecule has 1 saturated carbocycles. The van der Waals surface area contributed by atoms with Crippen LogP contribution in [0.3, 0.4) is 0 Å². The van der Waals surface area contributed by atoms with Crippen LogP contribution in [0, 0.1) is 12.8 Å². The van der Waals surface area contributed by atoms with Gasteiger partial charge in [-0.2, -0.15) is 0 Å². The molecule has 0 saturated heterocycles. The molecule has 1 aliphatic carbocycles. The van der Waals surface area contributed by atoms with E-state index in [-0.39, 0.29) is 41.6 Å². The molecular formula is C23H27N3O4S. The van der Waals surface area contributed by atoms with E-state index < -0.39 is 10.0 Å². The van der Waals surface area contributed by atoms with Crippen LogP contribution in [-0.4, -0.2) is 32.8 Å². The van der Waals surface area contributed by atoms with Gasteiger partial charge in [-0.25, -0.2) is 13.1 Å². The van der Waals surface area contributed by atoms with Gasteiger partial charge in [-0.1, -0.05) is 12.1 Å². The first kappa shape index (κ1) is 21.5. The number of carbonyl (C=O) groups excluding carboxylic acids is 2. The van der Waals surface area contributed by atoms with Crippen molar-refractivity contribution in [1.82, 2.24) is 4.72 Å². The molecule has 0 radical (unpaired) electrons. The smallest absolute Gasteiger partial charge is 0.240 e. The first-order valence-corrected chi connectivity index (χ1v) is 12.0. The predicted molar refractivity (Wildman–Crippen MR) is 119 cm³/mol. The number of hydrogen-bond acceptors (Lipinski definition) is 4. The Kier molecular flexibility index (Phi) is 5.85. The average molecular weight is 442 g/mol. The highest BCUT2D eigenvalue weighted by molar-refractivity contribution is 7.89. The minimum atomic E-state index is -3.75. The van der Waals surface area contributed by atoms with Gasteiger partial charge in [0.15, 0.2) is 0 Å². The van der Waals surface area contributed by atoms with Gasteiger partial charge in [0, 0.05) is 36.3 Å². The van der Waals surface area contributed by atoms with Gasteiger partial charge in [0.05, 0.1) is 4.90 Å². The molecule has 2 N–H and O–H groups in total. The Balaban J connectivity index is 1.37. The second kappa shape index (κ2) is 8.43. The summed E-state index contributed by atoms with van der Waals surface area (Å²) in [7, 11) is -3.75. The highest BCUT2D eigenvalue weighted by atomic mass is 32.2. The number of nitrogens with one attached hydrogen (secondary N) is 2. The molecule has 1 fully saturated rings. The van der Waals surface area contributed by atoms with Crippen LogP contribution >= 0.6 is 0 Å². The lowest BCUT2D eigenvalue weighted by Gasteiger charge is -2.22. The molecule has 7 nitrogen and oxygen atoms in total. The van der Waals surface area contributed by atoms with E-state index in [1.807, 2.05) is 36.9 Å². The van der Waals surface area contributed by atoms with Crippen molar-refractivity contribution in [3.05, 3.63) is 53.6 Å². The molecule has 1 unspecified atom stereocenters. The Hall–Kier alpha value is -2.71. The van der Waals surface area contributed by atoms with Crippen molar-refractivity contribution in [2.45, 2.75) is 50.5 Å². The zero-order valence-corrected chi connectivity index (χ0v) is 18.5. The molecule has 2 aromatic carbocycles. The van der Waals surface area contributed by atoms with Crippen molar-refractivity contribution in [3.63, 3.8) is 0 Å². The Morgan fingerprint density at radius 1 is 1.13 bits per heavy atom.